The second-order valence-corrected chi connectivity index (χ2v) is 3.73. The van der Waals surface area contributed by atoms with Crippen LogP contribution in [-0.2, 0) is 11.3 Å². The number of rotatable bonds is 4. The maximum absolute atomic E-state index is 11.7. The zero-order valence-electron chi connectivity index (χ0n) is 9.17. The van der Waals surface area contributed by atoms with Crippen LogP contribution in [0.2, 0.25) is 0 Å². The van der Waals surface area contributed by atoms with Crippen LogP contribution in [0.5, 0.6) is 0 Å². The Bertz CT molecular complexity index is 325. The molecule has 0 saturated carbocycles. The van der Waals surface area contributed by atoms with Crippen molar-refractivity contribution in [2.45, 2.75) is 19.0 Å². The van der Waals surface area contributed by atoms with Crippen molar-refractivity contribution in [2.75, 3.05) is 20.1 Å². The van der Waals surface area contributed by atoms with Gasteiger partial charge in [0.2, 0.25) is 5.91 Å². The molecule has 90 valence electrons. The zero-order chi connectivity index (χ0) is 10.7. The van der Waals surface area contributed by atoms with Crippen LogP contribution in [0.1, 0.15) is 6.42 Å². The van der Waals surface area contributed by atoms with Crippen LogP contribution in [0.3, 0.4) is 0 Å². The summed E-state index contributed by atoms with van der Waals surface area (Å²) >= 11 is 0. The molecule has 1 fully saturated rings. The number of hydrogen-bond acceptors (Lipinski definition) is 4. The predicted molar refractivity (Wildman–Crippen MR) is 61.3 cm³/mol. The zero-order valence-corrected chi connectivity index (χ0v) is 9.98. The van der Waals surface area contributed by atoms with E-state index in [4.69, 9.17) is 0 Å². The van der Waals surface area contributed by atoms with Crippen LogP contribution in [0.4, 0.5) is 0 Å². The van der Waals surface area contributed by atoms with Crippen molar-refractivity contribution < 1.29 is 4.79 Å². The molecule has 1 amide bonds. The van der Waals surface area contributed by atoms with Crippen molar-refractivity contribution in [3.8, 4) is 0 Å². The van der Waals surface area contributed by atoms with Gasteiger partial charge in [0.05, 0.1) is 18.8 Å². The van der Waals surface area contributed by atoms with E-state index in [2.05, 4.69) is 15.6 Å². The van der Waals surface area contributed by atoms with Crippen molar-refractivity contribution in [3.63, 3.8) is 0 Å². The summed E-state index contributed by atoms with van der Waals surface area (Å²) in [6.07, 6.45) is 3.86. The number of aromatic nitrogens is 3. The molecule has 1 aromatic heterocycles. The first-order valence-electron chi connectivity index (χ1n) is 5.08. The molecule has 0 aliphatic carbocycles. The Balaban J connectivity index is 0.00000128. The van der Waals surface area contributed by atoms with Gasteiger partial charge in [0.1, 0.15) is 0 Å². The minimum Gasteiger partial charge on any atom is -0.340 e. The van der Waals surface area contributed by atoms with Gasteiger partial charge >= 0.3 is 0 Å². The Labute approximate surface area is 100 Å². The largest absolute Gasteiger partial charge is 0.340 e. The van der Waals surface area contributed by atoms with Crippen LogP contribution in [0.25, 0.3) is 0 Å². The monoisotopic (exact) mass is 245 g/mol. The minimum absolute atomic E-state index is 0. The molecule has 0 unspecified atom stereocenters. The Morgan fingerprint density at radius 1 is 1.62 bits per heavy atom. The van der Waals surface area contributed by atoms with Crippen LogP contribution in [-0.4, -0.2) is 52.0 Å². The molecule has 6 nitrogen and oxygen atoms in total. The third-order valence-corrected chi connectivity index (χ3v) is 2.73. The quantitative estimate of drug-likeness (QED) is 0.779. The van der Waals surface area contributed by atoms with Gasteiger partial charge in [-0.25, -0.2) is 0 Å². The average molecular weight is 246 g/mol. The average Bonchev–Trinajstić information content (AvgIpc) is 2.63. The van der Waals surface area contributed by atoms with E-state index in [-0.39, 0.29) is 18.3 Å². The van der Waals surface area contributed by atoms with Crippen molar-refractivity contribution in [3.05, 3.63) is 12.4 Å². The van der Waals surface area contributed by atoms with Crippen LogP contribution in [0.15, 0.2) is 12.4 Å². The third kappa shape index (κ3) is 2.93. The van der Waals surface area contributed by atoms with E-state index in [1.165, 1.54) is 0 Å². The molecule has 7 heteroatoms. The van der Waals surface area contributed by atoms with Crippen molar-refractivity contribution in [1.29, 1.82) is 0 Å². The lowest BCUT2D eigenvalue weighted by molar-refractivity contribution is -0.133. The molecule has 1 aromatic rings. The van der Waals surface area contributed by atoms with Gasteiger partial charge in [-0.1, -0.05) is 5.21 Å². The molecular formula is C9H16ClN5O. The number of halogens is 1. The number of likely N-dealkylation sites (N-methyl/N-ethyl adjacent to an activating group) is 1. The fourth-order valence-electron chi connectivity index (χ4n) is 1.49. The maximum Gasteiger partial charge on any atom is 0.224 e. The maximum atomic E-state index is 11.7. The number of carbonyl (C=O) groups excluding carboxylic acids is 1. The second kappa shape index (κ2) is 5.81. The summed E-state index contributed by atoms with van der Waals surface area (Å²) in [6, 6.07) is 0.369. The normalized spacial score (nSPS) is 15.1. The summed E-state index contributed by atoms with van der Waals surface area (Å²) in [4.78, 5) is 13.5. The molecule has 1 N–H and O–H groups in total. The van der Waals surface area contributed by atoms with Crippen LogP contribution in [0, 0.1) is 0 Å². The molecule has 16 heavy (non-hydrogen) atoms. The molecule has 0 aromatic carbocycles. The lowest BCUT2D eigenvalue weighted by atomic mass is 10.1. The van der Waals surface area contributed by atoms with Crippen molar-refractivity contribution in [2.24, 2.45) is 0 Å². The Morgan fingerprint density at radius 2 is 2.38 bits per heavy atom. The molecule has 1 aliphatic heterocycles. The lowest BCUT2D eigenvalue weighted by Crippen LogP contribution is -2.57. The molecule has 0 spiro atoms. The number of nitrogens with zero attached hydrogens (tertiary/aromatic N) is 4. The molecule has 1 aliphatic rings. The van der Waals surface area contributed by atoms with E-state index >= 15 is 0 Å². The van der Waals surface area contributed by atoms with E-state index in [0.717, 1.165) is 13.1 Å². The van der Waals surface area contributed by atoms with Gasteiger partial charge in [-0.2, -0.15) is 0 Å². The van der Waals surface area contributed by atoms with Crippen molar-refractivity contribution in [1.82, 2.24) is 25.2 Å². The summed E-state index contributed by atoms with van der Waals surface area (Å²) < 4.78 is 1.67. The Kier molecular flexibility index (Phi) is 4.70. The standard InChI is InChI=1S/C9H15N5O.ClH/c1-13(8-6-10-7-8)9(15)2-4-14-5-3-11-12-14;/h3,5,8,10H,2,4,6-7H2,1H3;1H. The van der Waals surface area contributed by atoms with Gasteiger partial charge < -0.3 is 10.2 Å². The highest BCUT2D eigenvalue weighted by atomic mass is 35.5. The van der Waals surface area contributed by atoms with E-state index in [1.54, 1.807) is 17.1 Å². The molecule has 0 atom stereocenters. The summed E-state index contributed by atoms with van der Waals surface area (Å²) in [5.74, 6) is 0.164. The van der Waals surface area contributed by atoms with Crippen molar-refractivity contribution >= 4 is 18.3 Å². The molecule has 1 saturated heterocycles. The SMILES string of the molecule is CN(C(=O)CCn1ccnn1)C1CNC1.Cl. The number of aryl methyl sites for hydroxylation is 1. The molecule has 2 rings (SSSR count). The molecule has 2 heterocycles. The number of amides is 1. The summed E-state index contributed by atoms with van der Waals surface area (Å²) in [7, 11) is 1.86. The first-order valence-corrected chi connectivity index (χ1v) is 5.08. The summed E-state index contributed by atoms with van der Waals surface area (Å²) in [6.45, 7) is 2.42. The number of hydrogen-bond donors (Lipinski definition) is 1. The number of nitrogens with one attached hydrogen (secondary N) is 1. The third-order valence-electron chi connectivity index (χ3n) is 2.73. The van der Waals surface area contributed by atoms with E-state index in [1.807, 2.05) is 11.9 Å². The van der Waals surface area contributed by atoms with Gasteiger partial charge in [-0.05, 0) is 0 Å². The molecular weight excluding hydrogens is 230 g/mol. The van der Waals surface area contributed by atoms with E-state index in [0.29, 0.717) is 19.0 Å². The smallest absolute Gasteiger partial charge is 0.224 e. The fraction of sp³-hybridized carbons (Fsp3) is 0.667. The fourth-order valence-corrected chi connectivity index (χ4v) is 1.49. The summed E-state index contributed by atoms with van der Waals surface area (Å²) in [5, 5.41) is 10.6. The highest BCUT2D eigenvalue weighted by Crippen LogP contribution is 2.04. The first kappa shape index (κ1) is 12.9. The highest BCUT2D eigenvalue weighted by molar-refractivity contribution is 5.85. The first-order chi connectivity index (χ1) is 7.27. The van der Waals surface area contributed by atoms with E-state index in [9.17, 15) is 4.79 Å². The molecule has 0 radical (unpaired) electrons. The predicted octanol–water partition coefficient (Wildman–Crippen LogP) is -0.480. The highest BCUT2D eigenvalue weighted by Gasteiger charge is 2.24. The second-order valence-electron chi connectivity index (χ2n) is 3.73. The van der Waals surface area contributed by atoms with Gasteiger partial charge in [0, 0.05) is 32.8 Å². The van der Waals surface area contributed by atoms with Gasteiger partial charge in [0.25, 0.3) is 0 Å². The Hall–Kier alpha value is -1.14. The molecule has 0 bridgehead atoms. The Morgan fingerprint density at radius 3 is 2.88 bits per heavy atom. The topological polar surface area (TPSA) is 63.1 Å². The van der Waals surface area contributed by atoms with Gasteiger partial charge in [-0.15, -0.1) is 17.5 Å². The van der Waals surface area contributed by atoms with E-state index < -0.39 is 0 Å². The minimum atomic E-state index is 0. The lowest BCUT2D eigenvalue weighted by Gasteiger charge is -2.35. The van der Waals surface area contributed by atoms with Crippen LogP contribution < -0.4 is 5.32 Å². The van der Waals surface area contributed by atoms with Gasteiger partial charge in [-0.3, -0.25) is 9.48 Å². The number of carbonyl (C=O) groups is 1. The van der Waals surface area contributed by atoms with Gasteiger partial charge in [0.15, 0.2) is 0 Å². The van der Waals surface area contributed by atoms with Crippen LogP contribution >= 0.6 is 12.4 Å². The summed E-state index contributed by atoms with van der Waals surface area (Å²) in [5.41, 5.74) is 0.